The quantitative estimate of drug-likeness (QED) is 0.828. The van der Waals surface area contributed by atoms with Gasteiger partial charge >= 0.3 is 0 Å². The Balaban J connectivity index is 2.15. The third-order valence-electron chi connectivity index (χ3n) is 4.48. The number of hydrogen-bond acceptors (Lipinski definition) is 3. The van der Waals surface area contributed by atoms with Crippen LogP contribution >= 0.6 is 11.3 Å². The van der Waals surface area contributed by atoms with Crippen molar-refractivity contribution in [3.8, 4) is 0 Å². The number of amides is 1. The highest BCUT2D eigenvalue weighted by molar-refractivity contribution is 7.09. The molecule has 1 unspecified atom stereocenters. The minimum Gasteiger partial charge on any atom is -0.354 e. The molecule has 130 valence electrons. The topological polar surface area (TPSA) is 32.3 Å². The van der Waals surface area contributed by atoms with Crippen LogP contribution in [0.15, 0.2) is 41.8 Å². The maximum absolute atomic E-state index is 13.2. The Hall–Kier alpha value is -1.72. The van der Waals surface area contributed by atoms with E-state index in [1.165, 1.54) is 12.1 Å². The van der Waals surface area contributed by atoms with E-state index in [0.29, 0.717) is 13.0 Å². The van der Waals surface area contributed by atoms with Crippen LogP contribution < -0.4 is 5.32 Å². The van der Waals surface area contributed by atoms with Gasteiger partial charge in [0.1, 0.15) is 5.82 Å². The molecule has 24 heavy (non-hydrogen) atoms. The van der Waals surface area contributed by atoms with Crippen molar-refractivity contribution in [1.29, 1.82) is 0 Å². The van der Waals surface area contributed by atoms with Crippen molar-refractivity contribution in [2.75, 3.05) is 20.6 Å². The van der Waals surface area contributed by atoms with E-state index in [2.05, 4.69) is 24.1 Å². The normalized spacial score (nSPS) is 13.1. The minimum atomic E-state index is -0.317. The zero-order valence-corrected chi connectivity index (χ0v) is 15.5. The Kier molecular flexibility index (Phi) is 6.13. The van der Waals surface area contributed by atoms with Gasteiger partial charge in [-0.2, -0.15) is 0 Å². The molecule has 1 atom stereocenters. The van der Waals surface area contributed by atoms with E-state index in [1.54, 1.807) is 23.5 Å². The smallest absolute Gasteiger partial charge is 0.227 e. The van der Waals surface area contributed by atoms with Crippen molar-refractivity contribution in [2.24, 2.45) is 0 Å². The number of hydrogen-bond donors (Lipinski definition) is 1. The highest BCUT2D eigenvalue weighted by Crippen LogP contribution is 2.24. The van der Waals surface area contributed by atoms with Crippen LogP contribution in [-0.2, 0) is 11.2 Å². The van der Waals surface area contributed by atoms with Crippen molar-refractivity contribution < 1.29 is 9.18 Å². The largest absolute Gasteiger partial charge is 0.354 e. The molecule has 0 radical (unpaired) electrons. The second kappa shape index (κ2) is 7.90. The fourth-order valence-electron chi connectivity index (χ4n) is 2.27. The molecule has 1 N–H and O–H groups in total. The first-order valence-corrected chi connectivity index (χ1v) is 8.90. The van der Waals surface area contributed by atoms with Crippen molar-refractivity contribution in [3.05, 3.63) is 58.0 Å². The molecule has 0 fully saturated rings. The number of carbonyl (C=O) groups excluding carboxylic acids is 1. The van der Waals surface area contributed by atoms with Crippen molar-refractivity contribution in [1.82, 2.24) is 10.2 Å². The van der Waals surface area contributed by atoms with Crippen LogP contribution in [0.1, 0.15) is 30.2 Å². The molecule has 5 heteroatoms. The van der Waals surface area contributed by atoms with E-state index in [4.69, 9.17) is 0 Å². The van der Waals surface area contributed by atoms with Gasteiger partial charge in [-0.15, -0.1) is 11.3 Å². The van der Waals surface area contributed by atoms with Gasteiger partial charge in [-0.3, -0.25) is 4.79 Å². The van der Waals surface area contributed by atoms with Gasteiger partial charge in [0, 0.05) is 17.0 Å². The monoisotopic (exact) mass is 348 g/mol. The van der Waals surface area contributed by atoms with Crippen LogP contribution in [0, 0.1) is 5.82 Å². The van der Waals surface area contributed by atoms with Gasteiger partial charge in [0.25, 0.3) is 0 Å². The lowest BCUT2D eigenvalue weighted by molar-refractivity contribution is -0.123. The molecule has 1 heterocycles. The summed E-state index contributed by atoms with van der Waals surface area (Å²) in [7, 11) is 3.99. The predicted molar refractivity (Wildman–Crippen MR) is 97.9 cm³/mol. The van der Waals surface area contributed by atoms with Crippen LogP contribution in [0.4, 0.5) is 4.39 Å². The fraction of sp³-hybridized carbons (Fsp3) is 0.421. The summed E-state index contributed by atoms with van der Waals surface area (Å²) in [5.74, 6) is -0.630. The Bertz CT molecular complexity index is 651. The first kappa shape index (κ1) is 18.6. The van der Waals surface area contributed by atoms with Gasteiger partial charge in [-0.05, 0) is 63.5 Å². The Morgan fingerprint density at radius 3 is 2.46 bits per heavy atom. The maximum Gasteiger partial charge on any atom is 0.227 e. The molecule has 2 rings (SSSR count). The van der Waals surface area contributed by atoms with Gasteiger partial charge in [-0.25, -0.2) is 4.39 Å². The molecule has 0 spiro atoms. The molecule has 1 aromatic carbocycles. The molecule has 0 aliphatic rings. The molecule has 2 aromatic rings. The summed E-state index contributed by atoms with van der Waals surface area (Å²) in [6.07, 6.45) is 0.623. The number of rotatable bonds is 7. The first-order valence-electron chi connectivity index (χ1n) is 8.02. The van der Waals surface area contributed by atoms with E-state index in [0.717, 1.165) is 10.4 Å². The molecule has 0 saturated carbocycles. The summed E-state index contributed by atoms with van der Waals surface area (Å²) in [6, 6.07) is 10.2. The van der Waals surface area contributed by atoms with Gasteiger partial charge < -0.3 is 10.2 Å². The number of benzene rings is 1. The van der Waals surface area contributed by atoms with E-state index in [1.807, 2.05) is 31.6 Å². The minimum absolute atomic E-state index is 0.0232. The molecule has 0 saturated heterocycles. The fourth-order valence-corrected chi connectivity index (χ4v) is 3.02. The highest BCUT2D eigenvalue weighted by Gasteiger charge is 2.26. The van der Waals surface area contributed by atoms with Gasteiger partial charge in [0.2, 0.25) is 5.91 Å². The molecule has 0 bridgehead atoms. The lowest BCUT2D eigenvalue weighted by Crippen LogP contribution is -2.49. The lowest BCUT2D eigenvalue weighted by atomic mass is 9.93. The zero-order valence-electron chi connectivity index (χ0n) is 14.7. The first-order chi connectivity index (χ1) is 11.3. The summed E-state index contributed by atoms with van der Waals surface area (Å²) in [5, 5.41) is 5.06. The number of nitrogens with zero attached hydrogens (tertiary/aromatic N) is 1. The second-order valence-corrected chi connectivity index (χ2v) is 7.84. The summed E-state index contributed by atoms with van der Waals surface area (Å²) in [4.78, 5) is 16.0. The van der Waals surface area contributed by atoms with Crippen LogP contribution in [-0.4, -0.2) is 37.0 Å². The molecule has 3 nitrogen and oxygen atoms in total. The van der Waals surface area contributed by atoms with Crippen molar-refractivity contribution in [3.63, 3.8) is 0 Å². The predicted octanol–water partition coefficient (Wildman–Crippen LogP) is 3.67. The average molecular weight is 348 g/mol. The standard InChI is InChI=1S/C19H25FN2OS/c1-19(2,22(3)4)13-21-18(23)17(12-16-6-5-11-24-16)14-7-9-15(20)10-8-14/h5-11,17H,12-13H2,1-4H3,(H,21,23). The lowest BCUT2D eigenvalue weighted by Gasteiger charge is -2.33. The van der Waals surface area contributed by atoms with Gasteiger partial charge in [-0.1, -0.05) is 18.2 Å². The SMILES string of the molecule is CN(C)C(C)(C)CNC(=O)C(Cc1cccs1)c1ccc(F)cc1. The van der Waals surface area contributed by atoms with E-state index < -0.39 is 0 Å². The average Bonchev–Trinajstić information content (AvgIpc) is 3.04. The molecule has 1 amide bonds. The van der Waals surface area contributed by atoms with Crippen molar-refractivity contribution >= 4 is 17.2 Å². The number of likely N-dealkylation sites (N-methyl/N-ethyl adjacent to an activating group) is 1. The zero-order chi connectivity index (χ0) is 17.7. The third-order valence-corrected chi connectivity index (χ3v) is 5.38. The van der Waals surface area contributed by atoms with Crippen LogP contribution in [0.25, 0.3) is 0 Å². The molecule has 1 aromatic heterocycles. The summed E-state index contributed by atoms with van der Waals surface area (Å²) >= 11 is 1.63. The maximum atomic E-state index is 13.2. The van der Waals surface area contributed by atoms with Crippen LogP contribution in [0.3, 0.4) is 0 Å². The summed E-state index contributed by atoms with van der Waals surface area (Å²) < 4.78 is 13.2. The van der Waals surface area contributed by atoms with Crippen molar-refractivity contribution in [2.45, 2.75) is 31.7 Å². The molecule has 0 aliphatic carbocycles. The molecule has 0 aliphatic heterocycles. The Morgan fingerprint density at radius 2 is 1.92 bits per heavy atom. The Morgan fingerprint density at radius 1 is 1.25 bits per heavy atom. The van der Waals surface area contributed by atoms with Crippen LogP contribution in [0.5, 0.6) is 0 Å². The summed E-state index contributed by atoms with van der Waals surface area (Å²) in [6.45, 7) is 4.72. The van der Waals surface area contributed by atoms with Gasteiger partial charge in [0.15, 0.2) is 0 Å². The second-order valence-electron chi connectivity index (χ2n) is 6.81. The molecular formula is C19H25FN2OS. The highest BCUT2D eigenvalue weighted by atomic mass is 32.1. The van der Waals surface area contributed by atoms with E-state index >= 15 is 0 Å². The summed E-state index contributed by atoms with van der Waals surface area (Å²) in [5.41, 5.74) is 0.705. The number of halogens is 1. The number of thiophene rings is 1. The van der Waals surface area contributed by atoms with Gasteiger partial charge in [0.05, 0.1) is 5.92 Å². The van der Waals surface area contributed by atoms with Crippen LogP contribution in [0.2, 0.25) is 0 Å². The molecular weight excluding hydrogens is 323 g/mol. The third kappa shape index (κ3) is 4.89. The van der Waals surface area contributed by atoms with E-state index in [9.17, 15) is 9.18 Å². The van der Waals surface area contributed by atoms with E-state index in [-0.39, 0.29) is 23.2 Å². The number of nitrogens with one attached hydrogen (secondary N) is 1. The Labute approximate surface area is 147 Å². The number of carbonyl (C=O) groups is 1.